The van der Waals surface area contributed by atoms with Gasteiger partial charge in [-0.2, -0.15) is 0 Å². The number of aliphatic hydroxyl groups excluding tert-OH is 1. The zero-order valence-electron chi connectivity index (χ0n) is 10.3. The fourth-order valence-electron chi connectivity index (χ4n) is 2.41. The summed E-state index contributed by atoms with van der Waals surface area (Å²) in [6.45, 7) is 1.91. The minimum Gasteiger partial charge on any atom is -0.395 e. The van der Waals surface area contributed by atoms with Crippen LogP contribution in [0, 0.1) is 0 Å². The fourth-order valence-corrected chi connectivity index (χ4v) is 2.41. The van der Waals surface area contributed by atoms with Crippen LogP contribution in [-0.4, -0.2) is 29.2 Å². The molecule has 0 aliphatic heterocycles. The highest BCUT2D eigenvalue weighted by atomic mass is 16.3. The lowest BCUT2D eigenvalue weighted by molar-refractivity contribution is 0.155. The summed E-state index contributed by atoms with van der Waals surface area (Å²) >= 11 is 0. The number of allylic oxidation sites excluding steroid dienone is 1. The monoisotopic (exact) mass is 231 g/mol. The third kappa shape index (κ3) is 3.69. The van der Waals surface area contributed by atoms with Crippen molar-refractivity contribution in [2.45, 2.75) is 31.8 Å². The van der Waals surface area contributed by atoms with Gasteiger partial charge in [-0.3, -0.25) is 4.90 Å². The molecule has 0 saturated carbocycles. The van der Waals surface area contributed by atoms with Crippen LogP contribution in [0.15, 0.2) is 42.5 Å². The third-order valence-corrected chi connectivity index (χ3v) is 3.31. The molecule has 0 radical (unpaired) electrons. The van der Waals surface area contributed by atoms with Gasteiger partial charge < -0.3 is 5.11 Å². The van der Waals surface area contributed by atoms with E-state index in [9.17, 15) is 5.11 Å². The summed E-state index contributed by atoms with van der Waals surface area (Å²) in [5.41, 5.74) is 1.32. The van der Waals surface area contributed by atoms with Crippen LogP contribution >= 0.6 is 0 Å². The number of nitrogens with zero attached hydrogens (tertiary/aromatic N) is 1. The van der Waals surface area contributed by atoms with Crippen molar-refractivity contribution < 1.29 is 5.11 Å². The van der Waals surface area contributed by atoms with Crippen LogP contribution in [0.2, 0.25) is 0 Å². The Labute approximate surface area is 104 Å². The second kappa shape index (κ2) is 6.58. The second-order valence-corrected chi connectivity index (χ2v) is 4.61. The molecular formula is C15H21NO. The van der Waals surface area contributed by atoms with E-state index in [1.165, 1.54) is 24.8 Å². The Morgan fingerprint density at radius 2 is 2.06 bits per heavy atom. The summed E-state index contributed by atoms with van der Waals surface area (Å²) in [6.07, 6.45) is 8.24. The van der Waals surface area contributed by atoms with Gasteiger partial charge in [0.15, 0.2) is 0 Å². The van der Waals surface area contributed by atoms with E-state index >= 15 is 0 Å². The predicted octanol–water partition coefficient (Wildman–Crippen LogP) is 2.59. The Morgan fingerprint density at radius 3 is 2.71 bits per heavy atom. The van der Waals surface area contributed by atoms with E-state index in [0.717, 1.165) is 13.1 Å². The van der Waals surface area contributed by atoms with E-state index in [0.29, 0.717) is 6.04 Å². The standard InChI is InChI=1S/C15H21NO/c17-12-11-16(15-9-5-2-6-10-15)13-14-7-3-1-4-8-14/h1,3-5,7-9,15,17H,2,6,10-13H2. The summed E-state index contributed by atoms with van der Waals surface area (Å²) < 4.78 is 0. The van der Waals surface area contributed by atoms with Gasteiger partial charge in [-0.05, 0) is 24.8 Å². The molecule has 1 aliphatic rings. The molecule has 17 heavy (non-hydrogen) atoms. The van der Waals surface area contributed by atoms with Gasteiger partial charge in [0.05, 0.1) is 6.61 Å². The third-order valence-electron chi connectivity index (χ3n) is 3.31. The number of hydrogen-bond donors (Lipinski definition) is 1. The SMILES string of the molecule is OCCN(Cc1ccccc1)C1C=CCCC1. The van der Waals surface area contributed by atoms with Crippen molar-refractivity contribution in [3.63, 3.8) is 0 Å². The molecule has 2 rings (SSSR count). The maximum absolute atomic E-state index is 9.18. The van der Waals surface area contributed by atoms with Crippen molar-refractivity contribution in [2.75, 3.05) is 13.2 Å². The van der Waals surface area contributed by atoms with Gasteiger partial charge in [0.25, 0.3) is 0 Å². The van der Waals surface area contributed by atoms with Crippen LogP contribution in [-0.2, 0) is 6.54 Å². The van der Waals surface area contributed by atoms with Gasteiger partial charge in [0.2, 0.25) is 0 Å². The highest BCUT2D eigenvalue weighted by molar-refractivity contribution is 5.15. The van der Waals surface area contributed by atoms with Gasteiger partial charge in [-0.15, -0.1) is 0 Å². The van der Waals surface area contributed by atoms with E-state index in [4.69, 9.17) is 0 Å². The number of aliphatic hydroxyl groups is 1. The molecule has 1 aromatic rings. The minimum absolute atomic E-state index is 0.233. The normalized spacial score (nSPS) is 19.8. The topological polar surface area (TPSA) is 23.5 Å². The summed E-state index contributed by atoms with van der Waals surface area (Å²) in [7, 11) is 0. The molecule has 1 aliphatic carbocycles. The molecule has 2 heteroatoms. The Kier molecular flexibility index (Phi) is 4.77. The van der Waals surface area contributed by atoms with Crippen LogP contribution in [0.25, 0.3) is 0 Å². The first-order valence-corrected chi connectivity index (χ1v) is 6.45. The Morgan fingerprint density at radius 1 is 1.24 bits per heavy atom. The lowest BCUT2D eigenvalue weighted by atomic mass is 10.0. The lowest BCUT2D eigenvalue weighted by Gasteiger charge is -2.31. The molecule has 0 aromatic heterocycles. The highest BCUT2D eigenvalue weighted by Gasteiger charge is 2.17. The van der Waals surface area contributed by atoms with E-state index in [-0.39, 0.29) is 6.61 Å². The summed E-state index contributed by atoms with van der Waals surface area (Å²) in [4.78, 5) is 2.37. The van der Waals surface area contributed by atoms with Crippen molar-refractivity contribution in [1.29, 1.82) is 0 Å². The van der Waals surface area contributed by atoms with Crippen molar-refractivity contribution in [1.82, 2.24) is 4.90 Å². The van der Waals surface area contributed by atoms with Gasteiger partial charge in [-0.25, -0.2) is 0 Å². The molecule has 2 nitrogen and oxygen atoms in total. The molecule has 0 spiro atoms. The van der Waals surface area contributed by atoms with Gasteiger partial charge in [0, 0.05) is 19.1 Å². The molecule has 0 amide bonds. The zero-order valence-corrected chi connectivity index (χ0v) is 10.3. The lowest BCUT2D eigenvalue weighted by Crippen LogP contribution is -2.36. The second-order valence-electron chi connectivity index (χ2n) is 4.61. The average molecular weight is 231 g/mol. The van der Waals surface area contributed by atoms with Crippen LogP contribution in [0.5, 0.6) is 0 Å². The van der Waals surface area contributed by atoms with E-state index in [2.05, 4.69) is 41.3 Å². The first-order chi connectivity index (χ1) is 8.40. The molecule has 0 bridgehead atoms. The average Bonchev–Trinajstić information content (AvgIpc) is 2.40. The quantitative estimate of drug-likeness (QED) is 0.787. The van der Waals surface area contributed by atoms with Crippen molar-refractivity contribution in [3.05, 3.63) is 48.0 Å². The maximum atomic E-state index is 9.18. The van der Waals surface area contributed by atoms with Crippen LogP contribution in [0.3, 0.4) is 0 Å². The number of rotatable bonds is 5. The van der Waals surface area contributed by atoms with Gasteiger partial charge in [0.1, 0.15) is 0 Å². The van der Waals surface area contributed by atoms with Crippen LogP contribution in [0.1, 0.15) is 24.8 Å². The van der Waals surface area contributed by atoms with Crippen LogP contribution in [0.4, 0.5) is 0 Å². The molecule has 1 atom stereocenters. The van der Waals surface area contributed by atoms with E-state index in [1.54, 1.807) is 0 Å². The largest absolute Gasteiger partial charge is 0.395 e. The summed E-state index contributed by atoms with van der Waals surface area (Å²) in [5.74, 6) is 0. The Hall–Kier alpha value is -1.12. The molecule has 92 valence electrons. The molecule has 1 N–H and O–H groups in total. The Balaban J connectivity index is 2.01. The number of hydrogen-bond acceptors (Lipinski definition) is 2. The smallest absolute Gasteiger partial charge is 0.0558 e. The molecule has 1 unspecified atom stereocenters. The maximum Gasteiger partial charge on any atom is 0.0558 e. The first-order valence-electron chi connectivity index (χ1n) is 6.45. The van der Waals surface area contributed by atoms with Gasteiger partial charge in [-0.1, -0.05) is 42.5 Å². The molecule has 0 heterocycles. The molecule has 1 aromatic carbocycles. The predicted molar refractivity (Wildman–Crippen MR) is 70.7 cm³/mol. The molecule has 0 saturated heterocycles. The highest BCUT2D eigenvalue weighted by Crippen LogP contribution is 2.18. The summed E-state index contributed by atoms with van der Waals surface area (Å²) in [5, 5.41) is 9.18. The number of benzene rings is 1. The van der Waals surface area contributed by atoms with E-state index in [1.807, 2.05) is 6.07 Å². The summed E-state index contributed by atoms with van der Waals surface area (Å²) in [6, 6.07) is 11.0. The first kappa shape index (κ1) is 12.3. The fraction of sp³-hybridized carbons (Fsp3) is 0.467. The molecule has 0 fully saturated rings. The zero-order chi connectivity index (χ0) is 11.9. The van der Waals surface area contributed by atoms with Crippen LogP contribution < -0.4 is 0 Å². The van der Waals surface area contributed by atoms with E-state index < -0.39 is 0 Å². The van der Waals surface area contributed by atoms with Gasteiger partial charge >= 0.3 is 0 Å². The Bertz CT molecular complexity index is 347. The molecular weight excluding hydrogens is 210 g/mol. The van der Waals surface area contributed by atoms with Crippen molar-refractivity contribution >= 4 is 0 Å². The van der Waals surface area contributed by atoms with Crippen molar-refractivity contribution in [2.24, 2.45) is 0 Å². The van der Waals surface area contributed by atoms with Crippen molar-refractivity contribution in [3.8, 4) is 0 Å². The minimum atomic E-state index is 0.233.